The number of halogens is 1. The topological polar surface area (TPSA) is 83.5 Å². The normalized spacial score (nSPS) is 14.6. The average molecular weight is 334 g/mol. The monoisotopic (exact) mass is 333 g/mol. The molecule has 1 amide bonds. The van der Waals surface area contributed by atoms with Crippen molar-refractivity contribution < 1.29 is 9.53 Å². The number of hydrogen-bond acceptors (Lipinski definition) is 5. The third-order valence-electron chi connectivity index (χ3n) is 3.29. The molecule has 0 radical (unpaired) electrons. The van der Waals surface area contributed by atoms with Crippen LogP contribution in [-0.4, -0.2) is 32.3 Å². The third kappa shape index (κ3) is 3.08. The Kier molecular flexibility index (Phi) is 3.65. The van der Waals surface area contributed by atoms with Crippen LogP contribution in [-0.2, 0) is 4.74 Å². The highest BCUT2D eigenvalue weighted by molar-refractivity contribution is 6.29. The summed E-state index contributed by atoms with van der Waals surface area (Å²) in [4.78, 5) is 18.3. The minimum atomic E-state index is -0.609. The largest absolute Gasteiger partial charge is 0.443 e. The maximum Gasteiger partial charge on any atom is 0.416 e. The lowest BCUT2D eigenvalue weighted by atomic mass is 10.2. The van der Waals surface area contributed by atoms with Gasteiger partial charge in [0.2, 0.25) is 0 Å². The lowest BCUT2D eigenvalue weighted by molar-refractivity contribution is 0.0576. The molecule has 0 bridgehead atoms. The Balaban J connectivity index is 2.10. The summed E-state index contributed by atoms with van der Waals surface area (Å²) in [5.41, 5.74) is 0.0140. The Bertz CT molecular complexity index is 814. The molecule has 0 atom stereocenters. The number of fused-ring (bicyclic) bond motifs is 1. The summed E-state index contributed by atoms with van der Waals surface area (Å²) in [5.74, 6) is 0.457. The maximum atomic E-state index is 12.6. The first-order valence-corrected chi connectivity index (χ1v) is 7.64. The molecule has 0 N–H and O–H groups in total. The summed E-state index contributed by atoms with van der Waals surface area (Å²) in [6, 6.07) is 3.62. The number of rotatable bonds is 2. The van der Waals surface area contributed by atoms with Crippen LogP contribution >= 0.6 is 11.6 Å². The molecule has 2 aromatic rings. The molecule has 7 nitrogen and oxygen atoms in total. The molecule has 1 aliphatic carbocycles. The highest BCUT2D eigenvalue weighted by Crippen LogP contribution is 2.34. The number of hydrogen-bond donors (Lipinski definition) is 0. The SMILES string of the molecule is CC(C)(C)OC(=O)N(c1cc(Cl)nc2c(C#N)cnn12)C1CC1. The van der Waals surface area contributed by atoms with Gasteiger partial charge in [0, 0.05) is 12.1 Å². The summed E-state index contributed by atoms with van der Waals surface area (Å²) in [6.45, 7) is 5.44. The first kappa shape index (κ1) is 15.6. The van der Waals surface area contributed by atoms with Gasteiger partial charge in [-0.05, 0) is 33.6 Å². The molecule has 0 aliphatic heterocycles. The molecule has 0 saturated heterocycles. The van der Waals surface area contributed by atoms with Gasteiger partial charge in [-0.15, -0.1) is 0 Å². The van der Waals surface area contributed by atoms with E-state index in [2.05, 4.69) is 10.1 Å². The Morgan fingerprint density at radius 2 is 2.22 bits per heavy atom. The van der Waals surface area contributed by atoms with Gasteiger partial charge in [0.1, 0.15) is 28.2 Å². The molecule has 0 aromatic carbocycles. The van der Waals surface area contributed by atoms with Gasteiger partial charge in [-0.2, -0.15) is 14.9 Å². The van der Waals surface area contributed by atoms with E-state index in [9.17, 15) is 4.79 Å². The lowest BCUT2D eigenvalue weighted by Crippen LogP contribution is -2.39. The van der Waals surface area contributed by atoms with Crippen LogP contribution in [0.4, 0.5) is 10.6 Å². The standard InChI is InChI=1S/C15H16ClN5O2/c1-15(2,3)23-14(22)20(10-4-5-10)12-6-11(16)19-13-9(7-17)8-18-21(12)13/h6,8,10H,4-5H2,1-3H3. The Hall–Kier alpha value is -2.33. The van der Waals surface area contributed by atoms with Gasteiger partial charge < -0.3 is 4.74 Å². The smallest absolute Gasteiger partial charge is 0.416 e. The first-order chi connectivity index (χ1) is 10.8. The zero-order valence-electron chi connectivity index (χ0n) is 13.1. The molecular formula is C15H16ClN5O2. The molecule has 0 spiro atoms. The third-order valence-corrected chi connectivity index (χ3v) is 3.48. The van der Waals surface area contributed by atoms with Gasteiger partial charge in [0.05, 0.1) is 6.20 Å². The van der Waals surface area contributed by atoms with Gasteiger partial charge in [-0.3, -0.25) is 4.90 Å². The van der Waals surface area contributed by atoms with Gasteiger partial charge in [0.15, 0.2) is 5.65 Å². The molecule has 1 fully saturated rings. The molecule has 23 heavy (non-hydrogen) atoms. The van der Waals surface area contributed by atoms with E-state index in [0.29, 0.717) is 17.0 Å². The van der Waals surface area contributed by atoms with Crippen LogP contribution in [0.5, 0.6) is 0 Å². The summed E-state index contributed by atoms with van der Waals surface area (Å²) in [5, 5.41) is 13.5. The number of ether oxygens (including phenoxy) is 1. The van der Waals surface area contributed by atoms with Crippen molar-refractivity contribution in [3.05, 3.63) is 23.0 Å². The summed E-state index contributed by atoms with van der Waals surface area (Å²) in [6.07, 6.45) is 2.71. The number of carbonyl (C=O) groups is 1. The maximum absolute atomic E-state index is 12.6. The molecule has 120 valence electrons. The minimum Gasteiger partial charge on any atom is -0.443 e. The van der Waals surface area contributed by atoms with E-state index in [1.807, 2.05) is 26.8 Å². The van der Waals surface area contributed by atoms with Crippen molar-refractivity contribution in [2.24, 2.45) is 0 Å². The van der Waals surface area contributed by atoms with E-state index in [1.54, 1.807) is 11.0 Å². The van der Waals surface area contributed by atoms with E-state index in [0.717, 1.165) is 12.8 Å². The van der Waals surface area contributed by atoms with E-state index in [-0.39, 0.29) is 11.2 Å². The second kappa shape index (κ2) is 5.39. The van der Waals surface area contributed by atoms with Crippen molar-refractivity contribution >= 4 is 29.2 Å². The fraction of sp³-hybridized carbons (Fsp3) is 0.467. The van der Waals surface area contributed by atoms with E-state index >= 15 is 0 Å². The summed E-state index contributed by atoms with van der Waals surface area (Å²) < 4.78 is 6.95. The molecule has 1 aliphatic rings. The molecule has 0 unspecified atom stereocenters. The molecule has 1 saturated carbocycles. The van der Waals surface area contributed by atoms with E-state index in [4.69, 9.17) is 21.6 Å². The van der Waals surface area contributed by atoms with Crippen molar-refractivity contribution in [3.8, 4) is 6.07 Å². The number of nitrogens with zero attached hydrogens (tertiary/aromatic N) is 5. The Labute approximate surface area is 138 Å². The van der Waals surface area contributed by atoms with Gasteiger partial charge in [0.25, 0.3) is 0 Å². The minimum absolute atomic E-state index is 0.0428. The highest BCUT2D eigenvalue weighted by Gasteiger charge is 2.38. The average Bonchev–Trinajstić information content (AvgIpc) is 3.16. The predicted octanol–water partition coefficient (Wildman–Crippen LogP) is 3.16. The molecule has 3 rings (SSSR count). The van der Waals surface area contributed by atoms with Crippen LogP contribution < -0.4 is 4.90 Å². The van der Waals surface area contributed by atoms with Crippen molar-refractivity contribution in [1.82, 2.24) is 14.6 Å². The lowest BCUT2D eigenvalue weighted by Gasteiger charge is -2.27. The van der Waals surface area contributed by atoms with Gasteiger partial charge in [-0.25, -0.2) is 9.78 Å². The number of carbonyl (C=O) groups excluding carboxylic acids is 1. The van der Waals surface area contributed by atoms with Crippen molar-refractivity contribution in [2.45, 2.75) is 45.3 Å². The Morgan fingerprint density at radius 1 is 1.52 bits per heavy atom. The van der Waals surface area contributed by atoms with Crippen LogP contribution in [0.3, 0.4) is 0 Å². The highest BCUT2D eigenvalue weighted by atomic mass is 35.5. The number of aromatic nitrogens is 3. The van der Waals surface area contributed by atoms with Crippen LogP contribution in [0.2, 0.25) is 5.15 Å². The van der Waals surface area contributed by atoms with E-state index < -0.39 is 11.7 Å². The summed E-state index contributed by atoms with van der Waals surface area (Å²) in [7, 11) is 0. The Morgan fingerprint density at radius 3 is 2.78 bits per heavy atom. The molecule has 8 heteroatoms. The van der Waals surface area contributed by atoms with Crippen LogP contribution in [0.15, 0.2) is 12.3 Å². The zero-order valence-corrected chi connectivity index (χ0v) is 13.8. The van der Waals surface area contributed by atoms with E-state index in [1.165, 1.54) is 10.7 Å². The predicted molar refractivity (Wildman–Crippen MR) is 84.4 cm³/mol. The fourth-order valence-electron chi connectivity index (χ4n) is 2.24. The van der Waals surface area contributed by atoms with Crippen LogP contribution in [0.25, 0.3) is 5.65 Å². The number of nitriles is 1. The van der Waals surface area contributed by atoms with Crippen LogP contribution in [0, 0.1) is 11.3 Å². The number of anilines is 1. The summed E-state index contributed by atoms with van der Waals surface area (Å²) >= 11 is 6.08. The molecule has 2 aromatic heterocycles. The first-order valence-electron chi connectivity index (χ1n) is 7.27. The van der Waals surface area contributed by atoms with Crippen molar-refractivity contribution in [2.75, 3.05) is 4.90 Å². The second-order valence-electron chi connectivity index (χ2n) is 6.42. The molecular weight excluding hydrogens is 318 g/mol. The fourth-order valence-corrected chi connectivity index (χ4v) is 2.42. The zero-order chi connectivity index (χ0) is 16.8. The van der Waals surface area contributed by atoms with Crippen molar-refractivity contribution in [1.29, 1.82) is 5.26 Å². The van der Waals surface area contributed by atoms with Gasteiger partial charge >= 0.3 is 6.09 Å². The quantitative estimate of drug-likeness (QED) is 0.788. The number of amides is 1. The van der Waals surface area contributed by atoms with Crippen LogP contribution in [0.1, 0.15) is 39.2 Å². The van der Waals surface area contributed by atoms with Crippen molar-refractivity contribution in [3.63, 3.8) is 0 Å². The molecule has 2 heterocycles. The second-order valence-corrected chi connectivity index (χ2v) is 6.81. The van der Waals surface area contributed by atoms with Gasteiger partial charge in [-0.1, -0.05) is 11.6 Å².